The highest BCUT2D eigenvalue weighted by atomic mass is 16.3. The monoisotopic (exact) mass is 393 g/mol. The minimum atomic E-state index is -0.683. The predicted octanol–water partition coefficient (Wildman–Crippen LogP) is 3.44. The molecule has 4 nitrogen and oxygen atoms in total. The topological polar surface area (TPSA) is 63.9 Å². The zero-order chi connectivity index (χ0) is 20.0. The van der Waals surface area contributed by atoms with Gasteiger partial charge in [0, 0.05) is 25.0 Å². The van der Waals surface area contributed by atoms with E-state index in [2.05, 4.69) is 18.7 Å². The van der Waals surface area contributed by atoms with Crippen LogP contribution in [0.15, 0.2) is 0 Å². The first kappa shape index (κ1) is 21.1. The molecule has 4 aliphatic carbocycles. The molecule has 4 heteroatoms. The molecule has 0 heterocycles. The smallest absolute Gasteiger partial charge is 0.0830 e. The van der Waals surface area contributed by atoms with Gasteiger partial charge in [-0.05, 0) is 80.5 Å². The highest BCUT2D eigenvalue weighted by Crippen LogP contribution is 2.68. The average molecular weight is 394 g/mol. The Morgan fingerprint density at radius 3 is 2.25 bits per heavy atom. The van der Waals surface area contributed by atoms with E-state index in [1.54, 1.807) is 0 Å². The molecule has 28 heavy (non-hydrogen) atoms. The van der Waals surface area contributed by atoms with Crippen LogP contribution in [-0.4, -0.2) is 58.7 Å². The second-order valence-corrected chi connectivity index (χ2v) is 11.2. The third-order valence-electron chi connectivity index (χ3n) is 10.2. The Balaban J connectivity index is 1.54. The van der Waals surface area contributed by atoms with Crippen molar-refractivity contribution in [2.75, 3.05) is 32.8 Å². The van der Waals surface area contributed by atoms with E-state index in [4.69, 9.17) is 0 Å². The molecule has 0 aromatic heterocycles. The molecule has 3 N–H and O–H groups in total. The lowest BCUT2D eigenvalue weighted by Crippen LogP contribution is -2.59. The van der Waals surface area contributed by atoms with Crippen LogP contribution in [0, 0.1) is 34.5 Å². The van der Waals surface area contributed by atoms with Crippen molar-refractivity contribution in [3.63, 3.8) is 0 Å². The normalized spacial score (nSPS) is 48.2. The van der Waals surface area contributed by atoms with Gasteiger partial charge in [-0.3, -0.25) is 4.90 Å². The molecule has 0 unspecified atom stereocenters. The molecule has 4 fully saturated rings. The van der Waals surface area contributed by atoms with Crippen LogP contribution in [0.2, 0.25) is 0 Å². The second kappa shape index (κ2) is 7.83. The van der Waals surface area contributed by atoms with Crippen LogP contribution in [0.25, 0.3) is 0 Å². The molecule has 0 aromatic carbocycles. The summed E-state index contributed by atoms with van der Waals surface area (Å²) in [6.07, 6.45) is 13.0. The minimum absolute atomic E-state index is 0.0187. The first-order valence-corrected chi connectivity index (χ1v) is 12.0. The molecule has 4 rings (SSSR count). The Hall–Kier alpha value is -0.160. The van der Waals surface area contributed by atoms with Crippen LogP contribution in [0.3, 0.4) is 0 Å². The van der Waals surface area contributed by atoms with Crippen molar-refractivity contribution in [3.05, 3.63) is 0 Å². The van der Waals surface area contributed by atoms with Crippen molar-refractivity contribution in [2.24, 2.45) is 34.5 Å². The van der Waals surface area contributed by atoms with E-state index in [9.17, 15) is 15.3 Å². The van der Waals surface area contributed by atoms with Crippen molar-refractivity contribution in [3.8, 4) is 0 Å². The summed E-state index contributed by atoms with van der Waals surface area (Å²) in [6.45, 7) is 6.82. The standard InChI is InChI=1S/C24H43NO3/c1-22-10-4-3-5-18(22)6-7-19-20(22)8-11-23(2)21(19)9-12-24(23,28)17-25(13-15-26)14-16-27/h18-21,26-28H,3-17H2,1-2H3/t18-,19+,20-,21-,22-,23-,24-/m0/s1. The Bertz CT molecular complexity index is 550. The van der Waals surface area contributed by atoms with Crippen molar-refractivity contribution < 1.29 is 15.3 Å². The van der Waals surface area contributed by atoms with E-state index in [-0.39, 0.29) is 18.6 Å². The number of nitrogens with zero attached hydrogens (tertiary/aromatic N) is 1. The van der Waals surface area contributed by atoms with Gasteiger partial charge < -0.3 is 15.3 Å². The molecule has 7 atom stereocenters. The first-order chi connectivity index (χ1) is 13.4. The van der Waals surface area contributed by atoms with Crippen LogP contribution in [0.1, 0.15) is 78.1 Å². The lowest BCUT2D eigenvalue weighted by Gasteiger charge is -2.61. The van der Waals surface area contributed by atoms with Crippen molar-refractivity contribution in [2.45, 2.75) is 83.7 Å². The van der Waals surface area contributed by atoms with E-state index in [1.807, 2.05) is 0 Å². The number of hydrogen-bond donors (Lipinski definition) is 3. The van der Waals surface area contributed by atoms with Gasteiger partial charge in [-0.25, -0.2) is 0 Å². The lowest BCUT2D eigenvalue weighted by molar-refractivity contribution is -0.158. The maximum atomic E-state index is 11.9. The van der Waals surface area contributed by atoms with Crippen LogP contribution >= 0.6 is 0 Å². The average Bonchev–Trinajstić information content (AvgIpc) is 2.93. The number of rotatable bonds is 6. The maximum absolute atomic E-state index is 11.9. The molecule has 0 aromatic rings. The van der Waals surface area contributed by atoms with Gasteiger partial charge in [-0.2, -0.15) is 0 Å². The summed E-state index contributed by atoms with van der Waals surface area (Å²) in [6, 6.07) is 0. The first-order valence-electron chi connectivity index (χ1n) is 12.0. The van der Waals surface area contributed by atoms with E-state index in [1.165, 1.54) is 44.9 Å². The summed E-state index contributed by atoms with van der Waals surface area (Å²) in [5.41, 5.74) is -0.157. The van der Waals surface area contributed by atoms with Crippen molar-refractivity contribution >= 4 is 0 Å². The summed E-state index contributed by atoms with van der Waals surface area (Å²) in [5, 5.41) is 30.7. The summed E-state index contributed by atoms with van der Waals surface area (Å²) in [4.78, 5) is 2.07. The lowest BCUT2D eigenvalue weighted by atomic mass is 9.44. The van der Waals surface area contributed by atoms with E-state index >= 15 is 0 Å². The molecule has 0 saturated heterocycles. The van der Waals surface area contributed by atoms with Gasteiger partial charge >= 0.3 is 0 Å². The molecule has 0 aliphatic heterocycles. The largest absolute Gasteiger partial charge is 0.395 e. The van der Waals surface area contributed by atoms with E-state index in [0.717, 1.165) is 37.0 Å². The highest BCUT2D eigenvalue weighted by Gasteiger charge is 2.64. The number of hydrogen-bond acceptors (Lipinski definition) is 4. The SMILES string of the molecule is C[C@]12CCCC[C@H]1CC[C@@H]1[C@@H]2CC[C@@]2(C)[C@H]1CC[C@]2(O)CN(CCO)CCO. The molecule has 162 valence electrons. The van der Waals surface area contributed by atoms with Crippen LogP contribution in [0.5, 0.6) is 0 Å². The molecule has 0 amide bonds. The molecule has 0 spiro atoms. The Kier molecular flexibility index (Phi) is 5.90. The summed E-state index contributed by atoms with van der Waals surface area (Å²) >= 11 is 0. The quantitative estimate of drug-likeness (QED) is 0.647. The van der Waals surface area contributed by atoms with Crippen LogP contribution < -0.4 is 0 Å². The zero-order valence-electron chi connectivity index (χ0n) is 18.2. The molecule has 4 saturated carbocycles. The Labute approximate surface area is 171 Å². The predicted molar refractivity (Wildman–Crippen MR) is 112 cm³/mol. The van der Waals surface area contributed by atoms with Crippen molar-refractivity contribution in [1.29, 1.82) is 0 Å². The molecular formula is C24H43NO3. The number of aliphatic hydroxyl groups excluding tert-OH is 2. The van der Waals surface area contributed by atoms with Gasteiger partial charge in [0.15, 0.2) is 0 Å². The fraction of sp³-hybridized carbons (Fsp3) is 1.00. The van der Waals surface area contributed by atoms with Gasteiger partial charge in [0.2, 0.25) is 0 Å². The fourth-order valence-corrected chi connectivity index (χ4v) is 8.59. The van der Waals surface area contributed by atoms with Gasteiger partial charge in [0.05, 0.1) is 18.8 Å². The Morgan fingerprint density at radius 1 is 0.821 bits per heavy atom. The molecular weight excluding hydrogens is 350 g/mol. The third-order valence-corrected chi connectivity index (χ3v) is 10.2. The van der Waals surface area contributed by atoms with Crippen molar-refractivity contribution in [1.82, 2.24) is 4.90 Å². The zero-order valence-corrected chi connectivity index (χ0v) is 18.2. The highest BCUT2D eigenvalue weighted by molar-refractivity contribution is 5.14. The minimum Gasteiger partial charge on any atom is -0.395 e. The van der Waals surface area contributed by atoms with Crippen LogP contribution in [-0.2, 0) is 0 Å². The number of aliphatic hydroxyl groups is 3. The van der Waals surface area contributed by atoms with Gasteiger partial charge in [0.25, 0.3) is 0 Å². The summed E-state index contributed by atoms with van der Waals surface area (Å²) in [7, 11) is 0. The Morgan fingerprint density at radius 2 is 1.54 bits per heavy atom. The van der Waals surface area contributed by atoms with Gasteiger partial charge in [-0.15, -0.1) is 0 Å². The van der Waals surface area contributed by atoms with Crippen LogP contribution in [0.4, 0.5) is 0 Å². The second-order valence-electron chi connectivity index (χ2n) is 11.2. The molecule has 4 aliphatic rings. The molecule has 0 radical (unpaired) electrons. The van der Waals surface area contributed by atoms with Gasteiger partial charge in [-0.1, -0.05) is 26.7 Å². The summed E-state index contributed by atoms with van der Waals surface area (Å²) in [5.74, 6) is 3.23. The maximum Gasteiger partial charge on any atom is 0.0830 e. The van der Waals surface area contributed by atoms with Gasteiger partial charge in [0.1, 0.15) is 0 Å². The molecule has 0 bridgehead atoms. The summed E-state index contributed by atoms with van der Waals surface area (Å²) < 4.78 is 0. The van der Waals surface area contributed by atoms with E-state index < -0.39 is 5.60 Å². The fourth-order valence-electron chi connectivity index (χ4n) is 8.59. The van der Waals surface area contributed by atoms with E-state index in [0.29, 0.717) is 31.0 Å². The number of fused-ring (bicyclic) bond motifs is 5. The third kappa shape index (κ3) is 3.18.